The average Bonchev–Trinajstić information content (AvgIpc) is 2.80. The molecule has 1 aliphatic heterocycles. The Morgan fingerprint density at radius 1 is 1.40 bits per heavy atom. The maximum absolute atomic E-state index is 11.7. The average molecular weight is 212 g/mol. The topological polar surface area (TPSA) is 50.4 Å². The van der Waals surface area contributed by atoms with Gasteiger partial charge in [-0.3, -0.25) is 4.79 Å². The molecule has 2 N–H and O–H groups in total. The van der Waals surface area contributed by atoms with Crippen LogP contribution in [-0.4, -0.2) is 38.3 Å². The Bertz CT molecular complexity index is 209. The summed E-state index contributed by atoms with van der Waals surface area (Å²) in [6, 6.07) is -0.139. The quantitative estimate of drug-likeness (QED) is 0.706. The van der Waals surface area contributed by atoms with E-state index in [-0.39, 0.29) is 11.9 Å². The summed E-state index contributed by atoms with van der Waals surface area (Å²) in [5.41, 5.74) is 0. The number of carbonyl (C=O) groups is 1. The van der Waals surface area contributed by atoms with Crippen molar-refractivity contribution in [3.63, 3.8) is 0 Å². The molecule has 0 aromatic heterocycles. The molecular weight excluding hydrogens is 192 g/mol. The molecule has 2 rings (SSSR count). The van der Waals surface area contributed by atoms with E-state index in [0.29, 0.717) is 19.1 Å². The molecule has 15 heavy (non-hydrogen) atoms. The van der Waals surface area contributed by atoms with Gasteiger partial charge in [-0.2, -0.15) is 0 Å². The van der Waals surface area contributed by atoms with Crippen molar-refractivity contribution in [2.45, 2.75) is 31.7 Å². The first-order valence-corrected chi connectivity index (χ1v) is 5.95. The fraction of sp³-hybridized carbons (Fsp3) is 0.909. The van der Waals surface area contributed by atoms with E-state index in [1.54, 1.807) is 0 Å². The first-order chi connectivity index (χ1) is 7.36. The number of ether oxygens (including phenoxy) is 1. The third-order valence-electron chi connectivity index (χ3n) is 3.28. The molecule has 0 bridgehead atoms. The number of carbonyl (C=O) groups excluding carboxylic acids is 1. The Morgan fingerprint density at radius 2 is 2.20 bits per heavy atom. The zero-order valence-electron chi connectivity index (χ0n) is 9.13. The molecular formula is C11H20N2O2. The highest BCUT2D eigenvalue weighted by atomic mass is 16.5. The van der Waals surface area contributed by atoms with Gasteiger partial charge in [-0.1, -0.05) is 12.8 Å². The van der Waals surface area contributed by atoms with Gasteiger partial charge in [0.1, 0.15) is 6.04 Å². The van der Waals surface area contributed by atoms with Gasteiger partial charge in [0.25, 0.3) is 0 Å². The van der Waals surface area contributed by atoms with Crippen LogP contribution in [0.25, 0.3) is 0 Å². The maximum atomic E-state index is 11.7. The van der Waals surface area contributed by atoms with Gasteiger partial charge in [0.05, 0.1) is 13.2 Å². The number of hydrogen-bond acceptors (Lipinski definition) is 3. The lowest BCUT2D eigenvalue weighted by Crippen LogP contribution is -2.51. The molecule has 1 saturated heterocycles. The van der Waals surface area contributed by atoms with Crippen molar-refractivity contribution < 1.29 is 9.53 Å². The van der Waals surface area contributed by atoms with Gasteiger partial charge in [0.2, 0.25) is 5.91 Å². The van der Waals surface area contributed by atoms with Crippen molar-refractivity contribution in [2.75, 3.05) is 26.3 Å². The van der Waals surface area contributed by atoms with Crippen molar-refractivity contribution in [3.8, 4) is 0 Å². The summed E-state index contributed by atoms with van der Waals surface area (Å²) in [4.78, 5) is 11.7. The van der Waals surface area contributed by atoms with Crippen LogP contribution in [0, 0.1) is 5.92 Å². The van der Waals surface area contributed by atoms with E-state index in [0.717, 1.165) is 13.1 Å². The van der Waals surface area contributed by atoms with E-state index >= 15 is 0 Å². The molecule has 1 heterocycles. The van der Waals surface area contributed by atoms with Gasteiger partial charge in [-0.25, -0.2) is 0 Å². The fourth-order valence-corrected chi connectivity index (χ4v) is 2.32. The third-order valence-corrected chi connectivity index (χ3v) is 3.28. The number of hydrogen-bond donors (Lipinski definition) is 2. The van der Waals surface area contributed by atoms with E-state index in [1.807, 2.05) is 0 Å². The van der Waals surface area contributed by atoms with Crippen LogP contribution in [0.3, 0.4) is 0 Å². The molecule has 0 aromatic rings. The SMILES string of the molecule is O=C(NCC1CCCC1)C1COCCN1. The largest absolute Gasteiger partial charge is 0.378 e. The highest BCUT2D eigenvalue weighted by Crippen LogP contribution is 2.23. The Morgan fingerprint density at radius 3 is 2.87 bits per heavy atom. The first kappa shape index (κ1) is 10.9. The van der Waals surface area contributed by atoms with Gasteiger partial charge in [-0.05, 0) is 18.8 Å². The zero-order chi connectivity index (χ0) is 10.5. The Hall–Kier alpha value is -0.610. The lowest BCUT2D eigenvalue weighted by molar-refractivity contribution is -0.126. The maximum Gasteiger partial charge on any atom is 0.239 e. The summed E-state index contributed by atoms with van der Waals surface area (Å²) < 4.78 is 5.25. The van der Waals surface area contributed by atoms with Crippen molar-refractivity contribution in [3.05, 3.63) is 0 Å². The third kappa shape index (κ3) is 3.18. The van der Waals surface area contributed by atoms with Gasteiger partial charge in [0, 0.05) is 13.1 Å². The molecule has 4 nitrogen and oxygen atoms in total. The van der Waals surface area contributed by atoms with Crippen LogP contribution in [-0.2, 0) is 9.53 Å². The molecule has 1 atom stereocenters. The van der Waals surface area contributed by atoms with Crippen LogP contribution in [0.5, 0.6) is 0 Å². The zero-order valence-corrected chi connectivity index (χ0v) is 9.13. The lowest BCUT2D eigenvalue weighted by Gasteiger charge is -2.23. The predicted octanol–water partition coefficient (Wildman–Crippen LogP) is 0.281. The second-order valence-electron chi connectivity index (χ2n) is 4.48. The molecule has 0 spiro atoms. The van der Waals surface area contributed by atoms with Crippen molar-refractivity contribution >= 4 is 5.91 Å². The molecule has 86 valence electrons. The number of rotatable bonds is 3. The highest BCUT2D eigenvalue weighted by molar-refractivity contribution is 5.81. The minimum Gasteiger partial charge on any atom is -0.378 e. The summed E-state index contributed by atoms with van der Waals surface area (Å²) in [5, 5.41) is 6.17. The predicted molar refractivity (Wildman–Crippen MR) is 57.6 cm³/mol. The summed E-state index contributed by atoms with van der Waals surface area (Å²) in [6.45, 7) is 2.85. The molecule has 2 aliphatic rings. The lowest BCUT2D eigenvalue weighted by atomic mass is 10.1. The molecule has 4 heteroatoms. The molecule has 1 amide bonds. The standard InChI is InChI=1S/C11H20N2O2/c14-11(10-8-15-6-5-12-10)13-7-9-3-1-2-4-9/h9-10,12H,1-8H2,(H,13,14). The van der Waals surface area contributed by atoms with Crippen LogP contribution in [0.4, 0.5) is 0 Å². The Labute approximate surface area is 90.8 Å². The summed E-state index contributed by atoms with van der Waals surface area (Å²) in [6.07, 6.45) is 5.19. The van der Waals surface area contributed by atoms with Crippen LogP contribution < -0.4 is 10.6 Å². The normalized spacial score (nSPS) is 27.9. The summed E-state index contributed by atoms with van der Waals surface area (Å²) >= 11 is 0. The van der Waals surface area contributed by atoms with Gasteiger partial charge in [-0.15, -0.1) is 0 Å². The number of nitrogens with one attached hydrogen (secondary N) is 2. The minimum atomic E-state index is -0.139. The van der Waals surface area contributed by atoms with Gasteiger partial charge < -0.3 is 15.4 Å². The van der Waals surface area contributed by atoms with Crippen molar-refractivity contribution in [1.82, 2.24) is 10.6 Å². The van der Waals surface area contributed by atoms with E-state index in [2.05, 4.69) is 10.6 Å². The van der Waals surface area contributed by atoms with Crippen molar-refractivity contribution in [2.24, 2.45) is 5.92 Å². The monoisotopic (exact) mass is 212 g/mol. The Balaban J connectivity index is 1.66. The van der Waals surface area contributed by atoms with Gasteiger partial charge >= 0.3 is 0 Å². The molecule has 0 aromatic carbocycles. The summed E-state index contributed by atoms with van der Waals surface area (Å²) in [5.74, 6) is 0.806. The molecule has 1 aliphatic carbocycles. The van der Waals surface area contributed by atoms with Crippen LogP contribution in [0.15, 0.2) is 0 Å². The van der Waals surface area contributed by atoms with E-state index < -0.39 is 0 Å². The minimum absolute atomic E-state index is 0.0987. The number of morpholine rings is 1. The summed E-state index contributed by atoms with van der Waals surface area (Å²) in [7, 11) is 0. The smallest absolute Gasteiger partial charge is 0.239 e. The van der Waals surface area contributed by atoms with Crippen LogP contribution >= 0.6 is 0 Å². The van der Waals surface area contributed by atoms with E-state index in [9.17, 15) is 4.79 Å². The fourth-order valence-electron chi connectivity index (χ4n) is 2.32. The van der Waals surface area contributed by atoms with Crippen LogP contribution in [0.2, 0.25) is 0 Å². The molecule has 1 saturated carbocycles. The van der Waals surface area contributed by atoms with Gasteiger partial charge in [0.15, 0.2) is 0 Å². The second-order valence-corrected chi connectivity index (χ2v) is 4.48. The highest BCUT2D eigenvalue weighted by Gasteiger charge is 2.22. The molecule has 2 fully saturated rings. The van der Waals surface area contributed by atoms with E-state index in [1.165, 1.54) is 25.7 Å². The van der Waals surface area contributed by atoms with Crippen LogP contribution in [0.1, 0.15) is 25.7 Å². The molecule has 1 unspecified atom stereocenters. The second kappa shape index (κ2) is 5.47. The van der Waals surface area contributed by atoms with Crippen molar-refractivity contribution in [1.29, 1.82) is 0 Å². The first-order valence-electron chi connectivity index (χ1n) is 5.95. The van der Waals surface area contributed by atoms with E-state index in [4.69, 9.17) is 4.74 Å². The number of amides is 1. The molecule has 0 radical (unpaired) electrons. The Kier molecular flexibility index (Phi) is 3.97.